The summed E-state index contributed by atoms with van der Waals surface area (Å²) in [5.74, 6) is 0. The molecule has 2 aromatic carbocycles. The second-order valence-electron chi connectivity index (χ2n) is 8.15. The highest BCUT2D eigenvalue weighted by Gasteiger charge is 2.23. The van der Waals surface area contributed by atoms with Crippen LogP contribution in [0.15, 0.2) is 29.2 Å². The number of nitrogens with one attached hydrogen (secondary N) is 1. The summed E-state index contributed by atoms with van der Waals surface area (Å²) >= 11 is 1.22. The van der Waals surface area contributed by atoms with Gasteiger partial charge in [-0.25, -0.2) is 0 Å². The predicted octanol–water partition coefficient (Wildman–Crippen LogP) is 4.00. The third kappa shape index (κ3) is 5.64. The predicted molar refractivity (Wildman–Crippen MR) is 127 cm³/mol. The lowest BCUT2D eigenvalue weighted by Gasteiger charge is -2.20. The van der Waals surface area contributed by atoms with E-state index >= 15 is 0 Å². The zero-order valence-corrected chi connectivity index (χ0v) is 19.4. The van der Waals surface area contributed by atoms with Crippen LogP contribution in [-0.2, 0) is 36.1 Å². The van der Waals surface area contributed by atoms with Gasteiger partial charge in [-0.15, -0.1) is 0 Å². The zero-order chi connectivity index (χ0) is 22.3. The first-order valence-electron chi connectivity index (χ1n) is 10.5. The van der Waals surface area contributed by atoms with Crippen molar-refractivity contribution < 1.29 is 9.90 Å². The first-order valence-corrected chi connectivity index (χ1v) is 11.4. The molecule has 2 aliphatic carbocycles. The molecule has 0 unspecified atom stereocenters. The van der Waals surface area contributed by atoms with Crippen molar-refractivity contribution in [2.45, 2.75) is 69.8 Å². The Morgan fingerprint density at radius 3 is 2.03 bits per heavy atom. The Morgan fingerprint density at radius 2 is 1.60 bits per heavy atom. The average molecular weight is 430 g/mol. The van der Waals surface area contributed by atoms with Crippen LogP contribution in [-0.4, -0.2) is 18.6 Å². The number of rotatable bonds is 4. The molecule has 6 N–H and O–H groups in total. The number of hydrogen-bond donors (Lipinski definition) is 4. The second kappa shape index (κ2) is 11.0. The van der Waals surface area contributed by atoms with E-state index in [0.717, 1.165) is 41.0 Å². The summed E-state index contributed by atoms with van der Waals surface area (Å²) in [5, 5.41) is 18.2. The minimum Gasteiger partial charge on any atom is -0.386 e. The molecule has 164 valence electrons. The Morgan fingerprint density at radius 1 is 1.03 bits per heavy atom. The Balaban J connectivity index is 0.000000200. The minimum absolute atomic E-state index is 0.776. The lowest BCUT2D eigenvalue weighted by molar-refractivity contribution is -0.105. The summed E-state index contributed by atoms with van der Waals surface area (Å²) in [7, 11) is 1.50. The van der Waals surface area contributed by atoms with Gasteiger partial charge in [-0.2, -0.15) is 0 Å². The summed E-state index contributed by atoms with van der Waals surface area (Å²) in [4.78, 5) is 11.7. The van der Waals surface area contributed by atoms with E-state index in [0.29, 0.717) is 0 Å². The number of benzene rings is 2. The van der Waals surface area contributed by atoms with E-state index in [1.54, 1.807) is 13.8 Å². The van der Waals surface area contributed by atoms with Crippen LogP contribution in [0.25, 0.3) is 0 Å². The molecule has 0 heterocycles. The van der Waals surface area contributed by atoms with Crippen molar-refractivity contribution in [3.63, 3.8) is 0 Å². The number of carbonyl (C=O) groups is 1. The summed E-state index contributed by atoms with van der Waals surface area (Å²) in [6.07, 6.45) is 7.97. The van der Waals surface area contributed by atoms with E-state index < -0.39 is 5.60 Å². The molecular formula is C24H35N3O2S. The van der Waals surface area contributed by atoms with Gasteiger partial charge in [0.05, 0.1) is 5.60 Å². The van der Waals surface area contributed by atoms with Gasteiger partial charge in [0.15, 0.2) is 0 Å². The van der Waals surface area contributed by atoms with Crippen molar-refractivity contribution in [1.82, 2.24) is 0 Å². The molecule has 1 amide bonds. The van der Waals surface area contributed by atoms with E-state index in [4.69, 9.17) is 5.14 Å². The number of anilines is 1. The first-order chi connectivity index (χ1) is 14.3. The van der Waals surface area contributed by atoms with Gasteiger partial charge in [-0.1, -0.05) is 12.1 Å². The molecule has 4 rings (SSSR count). The Bertz CT molecular complexity index is 843. The molecule has 2 aromatic rings. The Labute approximate surface area is 184 Å². The maximum absolute atomic E-state index is 10.7. The highest BCUT2D eigenvalue weighted by molar-refractivity contribution is 7.97. The maximum Gasteiger partial charge on any atom is 0.211 e. The fourth-order valence-corrected chi connectivity index (χ4v) is 4.84. The van der Waals surface area contributed by atoms with Gasteiger partial charge >= 0.3 is 0 Å². The van der Waals surface area contributed by atoms with E-state index in [2.05, 4.69) is 17.1 Å². The second-order valence-corrected chi connectivity index (χ2v) is 8.86. The van der Waals surface area contributed by atoms with E-state index in [9.17, 15) is 9.90 Å². The van der Waals surface area contributed by atoms with Crippen molar-refractivity contribution in [3.05, 3.63) is 57.6 Å². The average Bonchev–Trinajstić information content (AvgIpc) is 3.38. The largest absolute Gasteiger partial charge is 0.386 e. The Hall–Kier alpha value is -1.86. The molecule has 0 atom stereocenters. The number of aliphatic hydroxyl groups is 1. The molecule has 0 radical (unpaired) electrons. The van der Waals surface area contributed by atoms with Crippen LogP contribution in [0.1, 0.15) is 60.1 Å². The minimum atomic E-state index is -0.776. The first kappa shape index (κ1) is 24.4. The zero-order valence-electron chi connectivity index (χ0n) is 18.5. The van der Waals surface area contributed by atoms with Crippen LogP contribution < -0.4 is 16.2 Å². The maximum atomic E-state index is 10.7. The van der Waals surface area contributed by atoms with Gasteiger partial charge in [-0.3, -0.25) is 9.93 Å². The number of carbonyl (C=O) groups excluding carboxylic acids is 1. The van der Waals surface area contributed by atoms with Gasteiger partial charge in [0, 0.05) is 10.6 Å². The summed E-state index contributed by atoms with van der Waals surface area (Å²) in [6.45, 7) is 5.54. The lowest BCUT2D eigenvalue weighted by Crippen LogP contribution is -2.16. The van der Waals surface area contributed by atoms with Crippen molar-refractivity contribution >= 4 is 24.0 Å². The van der Waals surface area contributed by atoms with Gasteiger partial charge in [0.1, 0.15) is 0 Å². The molecule has 5 nitrogen and oxygen atoms in total. The molecule has 30 heavy (non-hydrogen) atoms. The summed E-state index contributed by atoms with van der Waals surface area (Å²) < 4.78 is 0. The van der Waals surface area contributed by atoms with E-state index in [1.807, 2.05) is 25.1 Å². The van der Waals surface area contributed by atoms with Gasteiger partial charge in [-0.05, 0) is 124 Å². The molecular weight excluding hydrogens is 394 g/mol. The monoisotopic (exact) mass is 429 g/mol. The quantitative estimate of drug-likeness (QED) is 0.435. The smallest absolute Gasteiger partial charge is 0.211 e. The Kier molecular flexibility index (Phi) is 8.92. The number of hydrogen-bond acceptors (Lipinski definition) is 5. The van der Waals surface area contributed by atoms with Crippen molar-refractivity contribution in [3.8, 4) is 0 Å². The van der Waals surface area contributed by atoms with Crippen LogP contribution in [0.4, 0.5) is 5.69 Å². The molecule has 0 spiro atoms. The number of aryl methyl sites for hydroxylation is 3. The van der Waals surface area contributed by atoms with E-state index in [-0.39, 0.29) is 0 Å². The molecule has 6 heteroatoms. The lowest BCUT2D eigenvalue weighted by atomic mass is 9.94. The fourth-order valence-electron chi connectivity index (χ4n) is 4.45. The summed E-state index contributed by atoms with van der Waals surface area (Å²) in [6, 6.07) is 8.20. The van der Waals surface area contributed by atoms with Gasteiger partial charge < -0.3 is 16.2 Å². The topological polar surface area (TPSA) is 101 Å². The van der Waals surface area contributed by atoms with Crippen LogP contribution in [0.5, 0.6) is 0 Å². The fraction of sp³-hybridized carbons (Fsp3) is 0.458. The standard InChI is InChI=1S/C13H15NO.C10H15NOS.CH5N/c15-8-14-13-11-5-1-3-9(11)7-10-4-2-6-12(10)13;1-7-6-8(13-11)4-5-9(7)10(2,3)12;1-2/h7-8H,1-6H2,(H,14,15);4-6,12H,11H2,1-3H3;2H2,1H3. The third-order valence-electron chi connectivity index (χ3n) is 5.67. The molecule has 0 bridgehead atoms. The molecule has 2 aliphatic rings. The van der Waals surface area contributed by atoms with Crippen molar-refractivity contribution in [2.24, 2.45) is 10.9 Å². The normalized spacial score (nSPS) is 14.0. The van der Waals surface area contributed by atoms with Crippen molar-refractivity contribution in [2.75, 3.05) is 12.4 Å². The van der Waals surface area contributed by atoms with E-state index in [1.165, 1.54) is 66.9 Å². The van der Waals surface area contributed by atoms with Crippen LogP contribution >= 0.6 is 11.9 Å². The molecule has 0 saturated heterocycles. The van der Waals surface area contributed by atoms with Gasteiger partial charge in [0.25, 0.3) is 0 Å². The molecule has 0 aromatic heterocycles. The van der Waals surface area contributed by atoms with Crippen LogP contribution in [0, 0.1) is 6.92 Å². The third-order valence-corrected chi connectivity index (χ3v) is 6.20. The van der Waals surface area contributed by atoms with Gasteiger partial charge in [0.2, 0.25) is 6.41 Å². The number of nitrogens with two attached hydrogens (primary N) is 2. The molecule has 0 saturated carbocycles. The number of amides is 1. The number of fused-ring (bicyclic) bond motifs is 2. The molecule has 0 aliphatic heterocycles. The molecule has 0 fully saturated rings. The van der Waals surface area contributed by atoms with Crippen LogP contribution in [0.3, 0.4) is 0 Å². The highest BCUT2D eigenvalue weighted by atomic mass is 32.2. The summed E-state index contributed by atoms with van der Waals surface area (Å²) in [5.41, 5.74) is 12.6. The highest BCUT2D eigenvalue weighted by Crippen LogP contribution is 2.38. The van der Waals surface area contributed by atoms with Crippen LogP contribution in [0.2, 0.25) is 0 Å². The van der Waals surface area contributed by atoms with Crippen molar-refractivity contribution in [1.29, 1.82) is 0 Å². The SMILES string of the molecule is CN.Cc1cc(SN)ccc1C(C)(C)O.O=CNc1c2c(cc3c1CCC3)CCC2.